The van der Waals surface area contributed by atoms with Gasteiger partial charge in [-0.2, -0.15) is 0 Å². The smallest absolute Gasteiger partial charge is 0.127 e. The van der Waals surface area contributed by atoms with Gasteiger partial charge in [0, 0.05) is 12.0 Å². The summed E-state index contributed by atoms with van der Waals surface area (Å²) < 4.78 is 6.43. The lowest BCUT2D eigenvalue weighted by molar-refractivity contribution is 0.194. The SMILES string of the molecule is C1=C(c2ccc(-c3c4ccccc4cc4ccccc34)cc2)OC(c2ccc(-c3ccccc3)cc2)C1. The molecular weight excluding hydrogens is 448 g/mol. The first-order chi connectivity index (χ1) is 18.3. The summed E-state index contributed by atoms with van der Waals surface area (Å²) in [5.74, 6) is 0.964. The van der Waals surface area contributed by atoms with Crippen molar-refractivity contribution < 1.29 is 4.74 Å². The van der Waals surface area contributed by atoms with Crippen LogP contribution in [0.15, 0.2) is 140 Å². The highest BCUT2D eigenvalue weighted by molar-refractivity contribution is 6.12. The Hall–Kier alpha value is -4.62. The molecule has 0 bridgehead atoms. The van der Waals surface area contributed by atoms with Crippen LogP contribution < -0.4 is 0 Å². The predicted molar refractivity (Wildman–Crippen MR) is 155 cm³/mol. The second-order valence-corrected chi connectivity index (χ2v) is 9.67. The van der Waals surface area contributed by atoms with Crippen molar-refractivity contribution in [3.8, 4) is 22.3 Å². The average molecular weight is 475 g/mol. The van der Waals surface area contributed by atoms with Crippen LogP contribution in [-0.2, 0) is 4.74 Å². The van der Waals surface area contributed by atoms with Crippen LogP contribution in [0.3, 0.4) is 0 Å². The molecule has 0 saturated carbocycles. The van der Waals surface area contributed by atoms with Gasteiger partial charge in [-0.3, -0.25) is 0 Å². The Morgan fingerprint density at radius 3 is 1.70 bits per heavy atom. The van der Waals surface area contributed by atoms with E-state index in [0.29, 0.717) is 0 Å². The number of rotatable bonds is 4. The zero-order valence-corrected chi connectivity index (χ0v) is 20.5. The van der Waals surface area contributed by atoms with Crippen LogP contribution in [0.5, 0.6) is 0 Å². The molecule has 1 heteroatoms. The molecule has 7 rings (SSSR count). The summed E-state index contributed by atoms with van der Waals surface area (Å²) in [7, 11) is 0. The quantitative estimate of drug-likeness (QED) is 0.231. The monoisotopic (exact) mass is 474 g/mol. The van der Waals surface area contributed by atoms with Gasteiger partial charge in [-0.15, -0.1) is 0 Å². The predicted octanol–water partition coefficient (Wildman–Crippen LogP) is 9.83. The van der Waals surface area contributed by atoms with Gasteiger partial charge in [0.1, 0.15) is 11.9 Å². The van der Waals surface area contributed by atoms with Gasteiger partial charge in [-0.25, -0.2) is 0 Å². The molecule has 6 aromatic carbocycles. The van der Waals surface area contributed by atoms with Gasteiger partial charge in [-0.1, -0.05) is 127 Å². The maximum atomic E-state index is 6.43. The Morgan fingerprint density at radius 1 is 0.486 bits per heavy atom. The third kappa shape index (κ3) is 3.99. The molecule has 37 heavy (non-hydrogen) atoms. The second-order valence-electron chi connectivity index (χ2n) is 9.67. The van der Waals surface area contributed by atoms with Gasteiger partial charge in [-0.05, 0) is 61.5 Å². The van der Waals surface area contributed by atoms with E-state index >= 15 is 0 Å². The number of hydrogen-bond donors (Lipinski definition) is 0. The van der Waals surface area contributed by atoms with Crippen molar-refractivity contribution >= 4 is 27.3 Å². The summed E-state index contributed by atoms with van der Waals surface area (Å²) >= 11 is 0. The van der Waals surface area contributed by atoms with Crippen molar-refractivity contribution in [1.82, 2.24) is 0 Å². The van der Waals surface area contributed by atoms with Crippen molar-refractivity contribution in [1.29, 1.82) is 0 Å². The zero-order chi connectivity index (χ0) is 24.6. The van der Waals surface area contributed by atoms with Gasteiger partial charge >= 0.3 is 0 Å². The van der Waals surface area contributed by atoms with Crippen LogP contribution in [0.4, 0.5) is 0 Å². The van der Waals surface area contributed by atoms with E-state index in [4.69, 9.17) is 4.74 Å². The molecule has 1 aliphatic heterocycles. The van der Waals surface area contributed by atoms with Crippen LogP contribution in [0.25, 0.3) is 49.6 Å². The largest absolute Gasteiger partial charge is 0.485 e. The summed E-state index contributed by atoms with van der Waals surface area (Å²) in [6, 6.07) is 47.7. The Labute approximate surface area is 217 Å². The lowest BCUT2D eigenvalue weighted by atomic mass is 9.91. The summed E-state index contributed by atoms with van der Waals surface area (Å²) in [5, 5.41) is 5.10. The zero-order valence-electron chi connectivity index (χ0n) is 20.5. The van der Waals surface area contributed by atoms with Crippen LogP contribution in [0.2, 0.25) is 0 Å². The van der Waals surface area contributed by atoms with Gasteiger partial charge in [0.05, 0.1) is 0 Å². The fourth-order valence-corrected chi connectivity index (χ4v) is 5.50. The molecule has 176 valence electrons. The molecule has 0 spiro atoms. The third-order valence-corrected chi connectivity index (χ3v) is 7.41. The van der Waals surface area contributed by atoms with Gasteiger partial charge in [0.25, 0.3) is 0 Å². The minimum absolute atomic E-state index is 0.0570. The fraction of sp³-hybridized carbons (Fsp3) is 0.0556. The van der Waals surface area contributed by atoms with Crippen LogP contribution in [-0.4, -0.2) is 0 Å². The second kappa shape index (κ2) is 9.11. The Morgan fingerprint density at radius 2 is 1.03 bits per heavy atom. The third-order valence-electron chi connectivity index (χ3n) is 7.41. The summed E-state index contributed by atoms with van der Waals surface area (Å²) in [6.07, 6.45) is 3.16. The number of fused-ring (bicyclic) bond motifs is 2. The standard InChI is InChI=1S/C36H26O/c1-2-8-25(9-3-1)26-14-16-27(17-15-26)34-22-23-35(37-34)28-18-20-29(21-19-28)36-32-12-6-4-10-30(32)24-31-11-5-7-13-33(31)36/h1-21,23-24,34H,22H2. The molecule has 1 heterocycles. The van der Waals surface area contributed by atoms with E-state index in [1.807, 2.05) is 6.07 Å². The van der Waals surface area contributed by atoms with E-state index < -0.39 is 0 Å². The minimum atomic E-state index is 0.0570. The molecule has 6 aromatic rings. The highest BCUT2D eigenvalue weighted by Crippen LogP contribution is 2.39. The first kappa shape index (κ1) is 21.6. The van der Waals surface area contributed by atoms with E-state index in [0.717, 1.165) is 17.7 Å². The van der Waals surface area contributed by atoms with E-state index in [9.17, 15) is 0 Å². The van der Waals surface area contributed by atoms with E-state index in [1.54, 1.807) is 0 Å². The average Bonchev–Trinajstić information content (AvgIpc) is 3.47. The molecule has 0 radical (unpaired) electrons. The van der Waals surface area contributed by atoms with Crippen molar-refractivity contribution in [3.63, 3.8) is 0 Å². The Balaban J connectivity index is 1.15. The molecule has 1 nitrogen and oxygen atoms in total. The highest BCUT2D eigenvalue weighted by atomic mass is 16.5. The molecule has 0 aromatic heterocycles. The molecule has 1 unspecified atom stereocenters. The lowest BCUT2D eigenvalue weighted by Crippen LogP contribution is -1.97. The number of benzene rings is 6. The minimum Gasteiger partial charge on any atom is -0.485 e. The first-order valence-electron chi connectivity index (χ1n) is 12.9. The number of hydrogen-bond acceptors (Lipinski definition) is 1. The van der Waals surface area contributed by atoms with Crippen LogP contribution >= 0.6 is 0 Å². The van der Waals surface area contributed by atoms with Crippen molar-refractivity contribution in [2.24, 2.45) is 0 Å². The van der Waals surface area contributed by atoms with Crippen molar-refractivity contribution in [2.75, 3.05) is 0 Å². The summed E-state index contributed by atoms with van der Waals surface area (Å²) in [4.78, 5) is 0. The molecule has 0 amide bonds. The van der Waals surface area contributed by atoms with Crippen molar-refractivity contribution in [2.45, 2.75) is 12.5 Å². The number of ether oxygens (including phenoxy) is 1. The summed E-state index contributed by atoms with van der Waals surface area (Å²) in [6.45, 7) is 0. The topological polar surface area (TPSA) is 9.23 Å². The van der Waals surface area contributed by atoms with Gasteiger partial charge < -0.3 is 4.74 Å². The van der Waals surface area contributed by atoms with E-state index in [2.05, 4.69) is 133 Å². The van der Waals surface area contributed by atoms with Gasteiger partial charge in [0.15, 0.2) is 0 Å². The van der Waals surface area contributed by atoms with Crippen LogP contribution in [0, 0.1) is 0 Å². The van der Waals surface area contributed by atoms with Crippen molar-refractivity contribution in [3.05, 3.63) is 151 Å². The fourth-order valence-electron chi connectivity index (χ4n) is 5.50. The molecule has 1 atom stereocenters. The highest BCUT2D eigenvalue weighted by Gasteiger charge is 2.21. The molecular formula is C36H26O. The lowest BCUT2D eigenvalue weighted by Gasteiger charge is -2.15. The summed E-state index contributed by atoms with van der Waals surface area (Å²) in [5.41, 5.74) is 7.31. The van der Waals surface area contributed by atoms with Crippen LogP contribution in [0.1, 0.15) is 23.7 Å². The van der Waals surface area contributed by atoms with E-state index in [-0.39, 0.29) is 6.10 Å². The molecule has 1 aliphatic rings. The molecule has 0 fully saturated rings. The molecule has 0 aliphatic carbocycles. The molecule has 0 saturated heterocycles. The maximum Gasteiger partial charge on any atom is 0.127 e. The first-order valence-corrected chi connectivity index (χ1v) is 12.9. The normalized spacial score (nSPS) is 15.0. The Kier molecular flexibility index (Phi) is 5.33. The van der Waals surface area contributed by atoms with E-state index in [1.165, 1.54) is 49.4 Å². The Bertz CT molecular complexity index is 1690. The molecule has 0 N–H and O–H groups in total. The maximum absolute atomic E-state index is 6.43. The van der Waals surface area contributed by atoms with Gasteiger partial charge in [0.2, 0.25) is 0 Å².